The number of ether oxygens (including phenoxy) is 4. The minimum atomic E-state index is -0.640. The van der Waals surface area contributed by atoms with Crippen LogP contribution in [0.15, 0.2) is 49.6 Å². The van der Waals surface area contributed by atoms with Crippen LogP contribution in [0.25, 0.3) is 0 Å². The van der Waals surface area contributed by atoms with Gasteiger partial charge in [-0.05, 0) is 25.7 Å². The summed E-state index contributed by atoms with van der Waals surface area (Å²) in [6, 6.07) is 0. The Bertz CT molecular complexity index is 818. The molecule has 0 amide bonds. The molecule has 8 nitrogen and oxygen atoms in total. The minimum Gasteiger partial charge on any atom is -0.461 e. The van der Waals surface area contributed by atoms with Gasteiger partial charge in [-0.2, -0.15) is 0 Å². The van der Waals surface area contributed by atoms with Crippen LogP contribution in [0.3, 0.4) is 0 Å². The van der Waals surface area contributed by atoms with Crippen LogP contribution in [-0.4, -0.2) is 50.3 Å². The van der Waals surface area contributed by atoms with Gasteiger partial charge in [-0.25, -0.2) is 0 Å². The lowest BCUT2D eigenvalue weighted by Gasteiger charge is -2.24. The second kappa shape index (κ2) is 14.5. The fourth-order valence-electron chi connectivity index (χ4n) is 3.70. The Morgan fingerprint density at radius 1 is 0.618 bits per heavy atom. The minimum absolute atomic E-state index is 0.0823. The van der Waals surface area contributed by atoms with E-state index in [1.165, 1.54) is 12.2 Å². The third-order valence-electron chi connectivity index (χ3n) is 5.46. The number of esters is 4. The van der Waals surface area contributed by atoms with E-state index < -0.39 is 47.5 Å². The molecule has 0 aromatic heterocycles. The zero-order valence-electron chi connectivity index (χ0n) is 19.1. The molecule has 0 heterocycles. The van der Waals surface area contributed by atoms with Crippen LogP contribution in [0, 0.1) is 35.5 Å². The average Bonchev–Trinajstić information content (AvgIpc) is 2.87. The van der Waals surface area contributed by atoms with E-state index >= 15 is 0 Å². The summed E-state index contributed by atoms with van der Waals surface area (Å²) in [6.07, 6.45) is 11.8. The number of hydrogen-bond donors (Lipinski definition) is 0. The first-order valence-corrected chi connectivity index (χ1v) is 11.1. The van der Waals surface area contributed by atoms with Crippen LogP contribution >= 0.6 is 0 Å². The summed E-state index contributed by atoms with van der Waals surface area (Å²) in [7, 11) is 0. The van der Waals surface area contributed by atoms with Crippen molar-refractivity contribution in [1.82, 2.24) is 0 Å². The Hall–Kier alpha value is -3.60. The Morgan fingerprint density at radius 2 is 0.912 bits per heavy atom. The van der Waals surface area contributed by atoms with Crippen molar-refractivity contribution in [2.45, 2.75) is 25.7 Å². The highest BCUT2D eigenvalue weighted by molar-refractivity contribution is 5.83. The van der Waals surface area contributed by atoms with Crippen LogP contribution in [0.5, 0.6) is 0 Å². The molecule has 34 heavy (non-hydrogen) atoms. The zero-order valence-corrected chi connectivity index (χ0v) is 19.1. The molecular formula is C26H30O8. The largest absolute Gasteiger partial charge is 0.461 e. The molecule has 0 fully saturated rings. The van der Waals surface area contributed by atoms with E-state index in [4.69, 9.17) is 18.9 Å². The van der Waals surface area contributed by atoms with Crippen molar-refractivity contribution in [3.05, 3.63) is 49.6 Å². The lowest BCUT2D eigenvalue weighted by Crippen LogP contribution is -2.34. The number of rotatable bonds is 10. The van der Waals surface area contributed by atoms with E-state index in [0.29, 0.717) is 25.7 Å². The van der Waals surface area contributed by atoms with Crippen molar-refractivity contribution in [2.75, 3.05) is 26.4 Å². The number of hydrogen-bond acceptors (Lipinski definition) is 8. The molecule has 0 radical (unpaired) electrons. The van der Waals surface area contributed by atoms with Gasteiger partial charge in [-0.3, -0.25) is 19.2 Å². The average molecular weight is 471 g/mol. The van der Waals surface area contributed by atoms with Gasteiger partial charge in [0.2, 0.25) is 0 Å². The van der Waals surface area contributed by atoms with Gasteiger partial charge in [0.25, 0.3) is 0 Å². The first-order valence-electron chi connectivity index (χ1n) is 11.1. The predicted octanol–water partition coefficient (Wildman–Crippen LogP) is 2.70. The van der Waals surface area contributed by atoms with E-state index in [0.717, 1.165) is 0 Å². The lowest BCUT2D eigenvalue weighted by atomic mass is 9.83. The van der Waals surface area contributed by atoms with Crippen molar-refractivity contribution >= 4 is 23.9 Å². The number of carbonyl (C=O) groups excluding carboxylic acids is 4. The summed E-state index contributed by atoms with van der Waals surface area (Å²) >= 11 is 0. The molecular weight excluding hydrogens is 440 g/mol. The Labute approximate surface area is 199 Å². The van der Waals surface area contributed by atoms with Gasteiger partial charge in [-0.1, -0.05) is 61.5 Å². The Kier molecular flexibility index (Phi) is 11.4. The fraction of sp³-hybridized carbons (Fsp3) is 0.462. The molecule has 8 heteroatoms. The van der Waals surface area contributed by atoms with Gasteiger partial charge < -0.3 is 18.9 Å². The number of allylic oxidation sites excluding steroid dienone is 4. The highest BCUT2D eigenvalue weighted by atomic mass is 16.5. The summed E-state index contributed by atoms with van der Waals surface area (Å²) in [5.74, 6) is 0.740. The predicted molar refractivity (Wildman–Crippen MR) is 123 cm³/mol. The summed E-state index contributed by atoms with van der Waals surface area (Å²) in [5.41, 5.74) is 0. The molecule has 4 atom stereocenters. The molecule has 0 spiro atoms. The molecule has 2 aliphatic carbocycles. The van der Waals surface area contributed by atoms with Gasteiger partial charge in [0, 0.05) is 0 Å². The standard InChI is InChI=1S/C26H30O8/c1-3-15-31-23(27)19-11-5-7-13-21(19)25(29)33-17-9-10-18-34-26(30)22-14-8-6-12-20(22)24(28)32-16-4-2/h3-8,19-22H,1-2,11-18H2. The van der Waals surface area contributed by atoms with Crippen molar-refractivity contribution in [2.24, 2.45) is 23.7 Å². The van der Waals surface area contributed by atoms with Crippen LogP contribution < -0.4 is 0 Å². The van der Waals surface area contributed by atoms with E-state index in [2.05, 4.69) is 25.0 Å². The maximum absolute atomic E-state index is 12.4. The van der Waals surface area contributed by atoms with Crippen molar-refractivity contribution in [3.63, 3.8) is 0 Å². The topological polar surface area (TPSA) is 105 Å². The van der Waals surface area contributed by atoms with Crippen LogP contribution in [0.1, 0.15) is 25.7 Å². The van der Waals surface area contributed by atoms with E-state index in [1.807, 2.05) is 24.3 Å². The molecule has 0 N–H and O–H groups in total. The first-order chi connectivity index (χ1) is 16.5. The van der Waals surface area contributed by atoms with Crippen molar-refractivity contribution in [3.8, 4) is 11.8 Å². The van der Waals surface area contributed by atoms with Gasteiger partial charge in [0.1, 0.15) is 13.2 Å². The molecule has 0 bridgehead atoms. The van der Waals surface area contributed by atoms with Crippen molar-refractivity contribution < 1.29 is 38.1 Å². The summed E-state index contributed by atoms with van der Waals surface area (Å²) < 4.78 is 20.5. The molecule has 0 saturated carbocycles. The zero-order chi connectivity index (χ0) is 24.8. The normalized spacial score (nSPS) is 22.9. The van der Waals surface area contributed by atoms with Gasteiger partial charge >= 0.3 is 23.9 Å². The summed E-state index contributed by atoms with van der Waals surface area (Å²) in [6.45, 7) is 6.76. The molecule has 4 unspecified atom stereocenters. The molecule has 182 valence electrons. The van der Waals surface area contributed by atoms with Gasteiger partial charge in [-0.15, -0.1) is 0 Å². The van der Waals surface area contributed by atoms with Gasteiger partial charge in [0.15, 0.2) is 13.2 Å². The molecule has 0 aromatic rings. The summed E-state index contributed by atoms with van der Waals surface area (Å²) in [5, 5.41) is 0. The Balaban J connectivity index is 1.78. The molecule has 0 saturated heterocycles. The van der Waals surface area contributed by atoms with Crippen molar-refractivity contribution in [1.29, 1.82) is 0 Å². The van der Waals surface area contributed by atoms with Crippen LogP contribution in [-0.2, 0) is 38.1 Å². The molecule has 2 aliphatic rings. The second-order valence-electron chi connectivity index (χ2n) is 7.72. The van der Waals surface area contributed by atoms with E-state index in [9.17, 15) is 19.2 Å². The third-order valence-corrected chi connectivity index (χ3v) is 5.46. The third kappa shape index (κ3) is 8.07. The number of carbonyl (C=O) groups is 4. The molecule has 0 aliphatic heterocycles. The van der Waals surface area contributed by atoms with Gasteiger partial charge in [0.05, 0.1) is 23.7 Å². The highest BCUT2D eigenvalue weighted by Crippen LogP contribution is 2.29. The quantitative estimate of drug-likeness (QED) is 0.208. The highest BCUT2D eigenvalue weighted by Gasteiger charge is 2.37. The lowest BCUT2D eigenvalue weighted by molar-refractivity contribution is -0.159. The Morgan fingerprint density at radius 3 is 1.21 bits per heavy atom. The smallest absolute Gasteiger partial charge is 0.311 e. The van der Waals surface area contributed by atoms with E-state index in [-0.39, 0.29) is 26.4 Å². The summed E-state index contributed by atoms with van der Waals surface area (Å²) in [4.78, 5) is 49.2. The molecule has 0 aromatic carbocycles. The monoisotopic (exact) mass is 470 g/mol. The second-order valence-corrected chi connectivity index (χ2v) is 7.72. The molecule has 2 rings (SSSR count). The fourth-order valence-corrected chi connectivity index (χ4v) is 3.70. The van der Waals surface area contributed by atoms with Crippen LogP contribution in [0.4, 0.5) is 0 Å². The maximum Gasteiger partial charge on any atom is 0.311 e. The van der Waals surface area contributed by atoms with E-state index in [1.54, 1.807) is 0 Å². The maximum atomic E-state index is 12.4. The van der Waals surface area contributed by atoms with Crippen LogP contribution in [0.2, 0.25) is 0 Å². The SMILES string of the molecule is C=CCOC(=O)C1CC=CCC1C(=O)OCC#CCOC(=O)C1CC=CCC1C(=O)OCC=C. The first kappa shape index (κ1) is 26.7.